The second kappa shape index (κ2) is 6.05. The summed E-state index contributed by atoms with van der Waals surface area (Å²) in [5, 5.41) is 10.8. The number of carbonyl (C=O) groups is 1. The number of hydrogen-bond acceptors (Lipinski definition) is 4. The van der Waals surface area contributed by atoms with Crippen molar-refractivity contribution in [2.45, 2.75) is 38.9 Å². The van der Waals surface area contributed by atoms with Crippen molar-refractivity contribution in [3.63, 3.8) is 0 Å². The minimum atomic E-state index is -0.563. The van der Waals surface area contributed by atoms with Crippen LogP contribution >= 0.6 is 0 Å². The number of hydrogen-bond donors (Lipinski definition) is 2. The average Bonchev–Trinajstić information content (AvgIpc) is 2.88. The van der Waals surface area contributed by atoms with Gasteiger partial charge in [-0.2, -0.15) is 0 Å². The van der Waals surface area contributed by atoms with Gasteiger partial charge in [0.1, 0.15) is 12.2 Å². The van der Waals surface area contributed by atoms with Gasteiger partial charge in [-0.1, -0.05) is 35.5 Å². The van der Waals surface area contributed by atoms with Crippen LogP contribution in [-0.2, 0) is 16.9 Å². The molecule has 3 N–H and O–H groups in total. The van der Waals surface area contributed by atoms with Crippen LogP contribution < -0.4 is 11.1 Å². The molecule has 0 saturated heterocycles. The van der Waals surface area contributed by atoms with Crippen molar-refractivity contribution < 1.29 is 4.79 Å². The SMILES string of the molecule is CC(NC(=O)Cn1cc(C(C)(C)N)nn1)c1ccccc1. The molecule has 2 rings (SSSR count). The molecule has 6 heteroatoms. The molecular formula is C15H21N5O. The largest absolute Gasteiger partial charge is 0.348 e. The monoisotopic (exact) mass is 287 g/mol. The molecule has 1 aromatic heterocycles. The Bertz CT molecular complexity index is 600. The number of rotatable bonds is 5. The third-order valence-electron chi connectivity index (χ3n) is 3.18. The number of nitrogens with one attached hydrogen (secondary N) is 1. The summed E-state index contributed by atoms with van der Waals surface area (Å²) in [4.78, 5) is 12.0. The Morgan fingerprint density at radius 2 is 2.05 bits per heavy atom. The van der Waals surface area contributed by atoms with E-state index in [4.69, 9.17) is 5.73 Å². The lowest BCUT2D eigenvalue weighted by atomic mass is 10.0. The molecule has 1 heterocycles. The molecule has 112 valence electrons. The lowest BCUT2D eigenvalue weighted by molar-refractivity contribution is -0.122. The van der Waals surface area contributed by atoms with Gasteiger partial charge in [0.15, 0.2) is 0 Å². The van der Waals surface area contributed by atoms with Crippen LogP contribution in [0, 0.1) is 0 Å². The maximum absolute atomic E-state index is 12.0. The summed E-state index contributed by atoms with van der Waals surface area (Å²) in [6.07, 6.45) is 1.70. The van der Waals surface area contributed by atoms with Gasteiger partial charge < -0.3 is 11.1 Å². The molecule has 0 bridgehead atoms. The van der Waals surface area contributed by atoms with Gasteiger partial charge in [-0.25, -0.2) is 4.68 Å². The molecule has 0 radical (unpaired) electrons. The van der Waals surface area contributed by atoms with Crippen LogP contribution in [0.3, 0.4) is 0 Å². The lowest BCUT2D eigenvalue weighted by Gasteiger charge is -2.14. The Morgan fingerprint density at radius 1 is 1.38 bits per heavy atom. The van der Waals surface area contributed by atoms with E-state index in [1.54, 1.807) is 6.20 Å². The summed E-state index contributed by atoms with van der Waals surface area (Å²) in [6, 6.07) is 9.76. The molecule has 0 aliphatic rings. The first-order chi connectivity index (χ1) is 9.86. The van der Waals surface area contributed by atoms with E-state index < -0.39 is 5.54 Å². The fourth-order valence-corrected chi connectivity index (χ4v) is 1.93. The molecule has 1 aromatic carbocycles. The van der Waals surface area contributed by atoms with Gasteiger partial charge in [0, 0.05) is 0 Å². The standard InChI is InChI=1S/C15H21N5O/c1-11(12-7-5-4-6-8-12)17-14(21)10-20-9-13(18-19-20)15(2,3)16/h4-9,11H,10,16H2,1-3H3,(H,17,21). The summed E-state index contributed by atoms with van der Waals surface area (Å²) in [5.41, 5.74) is 7.10. The Balaban J connectivity index is 1.94. The van der Waals surface area contributed by atoms with Crippen molar-refractivity contribution in [2.24, 2.45) is 5.73 Å². The van der Waals surface area contributed by atoms with E-state index in [-0.39, 0.29) is 18.5 Å². The van der Waals surface area contributed by atoms with Crippen molar-refractivity contribution in [2.75, 3.05) is 0 Å². The Labute approximate surface area is 124 Å². The van der Waals surface area contributed by atoms with Crippen LogP contribution in [0.1, 0.15) is 38.1 Å². The predicted octanol–water partition coefficient (Wildman–Crippen LogP) is 1.35. The highest BCUT2D eigenvalue weighted by atomic mass is 16.2. The van der Waals surface area contributed by atoms with Crippen molar-refractivity contribution in [1.29, 1.82) is 0 Å². The van der Waals surface area contributed by atoms with Crippen molar-refractivity contribution in [1.82, 2.24) is 20.3 Å². The van der Waals surface area contributed by atoms with E-state index in [2.05, 4.69) is 15.6 Å². The zero-order valence-corrected chi connectivity index (χ0v) is 12.6. The molecule has 1 unspecified atom stereocenters. The number of nitrogens with two attached hydrogens (primary N) is 1. The van der Waals surface area contributed by atoms with Gasteiger partial charge in [-0.3, -0.25) is 4.79 Å². The van der Waals surface area contributed by atoms with E-state index in [1.165, 1.54) is 4.68 Å². The summed E-state index contributed by atoms with van der Waals surface area (Å²) in [6.45, 7) is 5.76. The van der Waals surface area contributed by atoms with Gasteiger partial charge in [0.25, 0.3) is 0 Å². The fourth-order valence-electron chi connectivity index (χ4n) is 1.93. The molecule has 0 saturated carbocycles. The minimum Gasteiger partial charge on any atom is -0.348 e. The minimum absolute atomic E-state index is 0.0485. The zero-order chi connectivity index (χ0) is 15.5. The Hall–Kier alpha value is -2.21. The molecule has 0 fully saturated rings. The first kappa shape index (κ1) is 15.2. The van der Waals surface area contributed by atoms with Crippen LogP contribution in [0.2, 0.25) is 0 Å². The number of aromatic nitrogens is 3. The highest BCUT2D eigenvalue weighted by molar-refractivity contribution is 5.76. The zero-order valence-electron chi connectivity index (χ0n) is 12.6. The molecule has 21 heavy (non-hydrogen) atoms. The van der Waals surface area contributed by atoms with Crippen molar-refractivity contribution in [3.05, 3.63) is 47.8 Å². The highest BCUT2D eigenvalue weighted by Crippen LogP contribution is 2.13. The van der Waals surface area contributed by atoms with Gasteiger partial charge in [-0.05, 0) is 26.3 Å². The summed E-state index contributed by atoms with van der Waals surface area (Å²) in [5.74, 6) is -0.113. The smallest absolute Gasteiger partial charge is 0.242 e. The summed E-state index contributed by atoms with van der Waals surface area (Å²) < 4.78 is 1.50. The summed E-state index contributed by atoms with van der Waals surface area (Å²) in [7, 11) is 0. The molecule has 1 amide bonds. The van der Waals surface area contributed by atoms with Gasteiger partial charge >= 0.3 is 0 Å². The molecule has 2 aromatic rings. The van der Waals surface area contributed by atoms with Gasteiger partial charge in [0.05, 0.1) is 17.8 Å². The van der Waals surface area contributed by atoms with E-state index in [0.29, 0.717) is 5.69 Å². The molecule has 1 atom stereocenters. The van der Waals surface area contributed by atoms with Gasteiger partial charge in [0.2, 0.25) is 5.91 Å². The Morgan fingerprint density at radius 3 is 2.62 bits per heavy atom. The molecular weight excluding hydrogens is 266 g/mol. The molecule has 0 spiro atoms. The van der Waals surface area contributed by atoms with E-state index in [0.717, 1.165) is 5.56 Å². The highest BCUT2D eigenvalue weighted by Gasteiger charge is 2.19. The average molecular weight is 287 g/mol. The molecule has 0 aliphatic carbocycles. The van der Waals surface area contributed by atoms with Crippen molar-refractivity contribution >= 4 is 5.91 Å². The predicted molar refractivity (Wildman–Crippen MR) is 80.2 cm³/mol. The second-order valence-electron chi connectivity index (χ2n) is 5.72. The first-order valence-corrected chi connectivity index (χ1v) is 6.90. The van der Waals surface area contributed by atoms with Crippen LogP contribution in [0.5, 0.6) is 0 Å². The Kier molecular flexibility index (Phi) is 4.37. The van der Waals surface area contributed by atoms with E-state index in [9.17, 15) is 4.79 Å². The third-order valence-corrected chi connectivity index (χ3v) is 3.18. The van der Waals surface area contributed by atoms with E-state index >= 15 is 0 Å². The number of carbonyl (C=O) groups excluding carboxylic acids is 1. The normalized spacial score (nSPS) is 13.0. The maximum atomic E-state index is 12.0. The van der Waals surface area contributed by atoms with Gasteiger partial charge in [-0.15, -0.1) is 5.10 Å². The number of amides is 1. The second-order valence-corrected chi connectivity index (χ2v) is 5.72. The first-order valence-electron chi connectivity index (χ1n) is 6.90. The van der Waals surface area contributed by atoms with Crippen molar-refractivity contribution in [3.8, 4) is 0 Å². The molecule has 0 aliphatic heterocycles. The van der Waals surface area contributed by atoms with Crippen LogP contribution in [0.15, 0.2) is 36.5 Å². The lowest BCUT2D eigenvalue weighted by Crippen LogP contribution is -2.30. The van der Waals surface area contributed by atoms with E-state index in [1.807, 2.05) is 51.1 Å². The maximum Gasteiger partial charge on any atom is 0.242 e. The third kappa shape index (κ3) is 4.13. The van der Waals surface area contributed by atoms with Crippen LogP contribution in [-0.4, -0.2) is 20.9 Å². The quantitative estimate of drug-likeness (QED) is 0.869. The fraction of sp³-hybridized carbons (Fsp3) is 0.400. The topological polar surface area (TPSA) is 85.8 Å². The van der Waals surface area contributed by atoms with Crippen LogP contribution in [0.4, 0.5) is 0 Å². The van der Waals surface area contributed by atoms with Crippen LogP contribution in [0.25, 0.3) is 0 Å². The number of nitrogens with zero attached hydrogens (tertiary/aromatic N) is 3. The molecule has 6 nitrogen and oxygen atoms in total. The summed E-state index contributed by atoms with van der Waals surface area (Å²) >= 11 is 0. The number of benzene rings is 1.